The van der Waals surface area contributed by atoms with Gasteiger partial charge in [0.25, 0.3) is 0 Å². The zero-order valence-electron chi connectivity index (χ0n) is 9.71. The van der Waals surface area contributed by atoms with E-state index in [1.54, 1.807) is 26.2 Å². The maximum atomic E-state index is 12.0. The standard InChI is InChI=1S/C12H16ClNO2/c1-7-4-9(13)5-10(12(7)16-3)11(15)8(2)6-14/h4-5,8H,6,14H2,1-3H3. The Balaban J connectivity index is 3.26. The minimum absolute atomic E-state index is 0.0371. The number of methoxy groups -OCH3 is 1. The molecule has 0 bridgehead atoms. The SMILES string of the molecule is COc1c(C)cc(Cl)cc1C(=O)C(C)CN. The van der Waals surface area contributed by atoms with Crippen LogP contribution in [0.5, 0.6) is 5.75 Å². The Hall–Kier alpha value is -1.06. The average Bonchev–Trinajstić information content (AvgIpc) is 2.26. The van der Waals surface area contributed by atoms with E-state index in [0.717, 1.165) is 5.56 Å². The third-order valence-corrected chi connectivity index (χ3v) is 2.73. The van der Waals surface area contributed by atoms with E-state index in [1.165, 1.54) is 0 Å². The van der Waals surface area contributed by atoms with Crippen LogP contribution in [0, 0.1) is 12.8 Å². The van der Waals surface area contributed by atoms with Crippen molar-refractivity contribution in [2.45, 2.75) is 13.8 Å². The van der Waals surface area contributed by atoms with Gasteiger partial charge in [-0.2, -0.15) is 0 Å². The van der Waals surface area contributed by atoms with E-state index in [2.05, 4.69) is 0 Å². The van der Waals surface area contributed by atoms with Gasteiger partial charge in [0.2, 0.25) is 0 Å². The third-order valence-electron chi connectivity index (χ3n) is 2.51. The maximum absolute atomic E-state index is 12.0. The van der Waals surface area contributed by atoms with E-state index >= 15 is 0 Å². The molecule has 4 heteroatoms. The Morgan fingerprint density at radius 3 is 2.69 bits per heavy atom. The molecule has 3 nitrogen and oxygen atoms in total. The summed E-state index contributed by atoms with van der Waals surface area (Å²) in [6, 6.07) is 3.40. The normalized spacial score (nSPS) is 12.3. The summed E-state index contributed by atoms with van der Waals surface area (Å²) >= 11 is 5.93. The van der Waals surface area contributed by atoms with Crippen molar-refractivity contribution in [3.05, 3.63) is 28.3 Å². The summed E-state index contributed by atoms with van der Waals surface area (Å²) in [7, 11) is 1.54. The van der Waals surface area contributed by atoms with Gasteiger partial charge in [0.1, 0.15) is 5.75 Å². The fraction of sp³-hybridized carbons (Fsp3) is 0.417. The molecule has 1 aromatic rings. The lowest BCUT2D eigenvalue weighted by atomic mass is 9.97. The van der Waals surface area contributed by atoms with Crippen molar-refractivity contribution in [1.29, 1.82) is 0 Å². The van der Waals surface area contributed by atoms with Gasteiger partial charge in [-0.3, -0.25) is 4.79 Å². The van der Waals surface area contributed by atoms with Gasteiger partial charge in [-0.25, -0.2) is 0 Å². The van der Waals surface area contributed by atoms with Gasteiger partial charge in [0, 0.05) is 17.5 Å². The molecule has 1 rings (SSSR count). The summed E-state index contributed by atoms with van der Waals surface area (Å²) in [6.07, 6.45) is 0. The first-order valence-corrected chi connectivity index (χ1v) is 5.47. The Kier molecular flexibility index (Phi) is 4.33. The molecule has 0 spiro atoms. The van der Waals surface area contributed by atoms with Gasteiger partial charge in [0.15, 0.2) is 5.78 Å². The van der Waals surface area contributed by atoms with Gasteiger partial charge < -0.3 is 10.5 Å². The molecule has 0 saturated heterocycles. The number of halogens is 1. The molecule has 1 unspecified atom stereocenters. The van der Waals surface area contributed by atoms with Gasteiger partial charge in [0.05, 0.1) is 12.7 Å². The van der Waals surface area contributed by atoms with Crippen molar-refractivity contribution in [3.63, 3.8) is 0 Å². The van der Waals surface area contributed by atoms with Crippen LogP contribution in [0.25, 0.3) is 0 Å². The fourth-order valence-corrected chi connectivity index (χ4v) is 1.83. The molecular formula is C12H16ClNO2. The molecule has 0 aromatic heterocycles. The van der Waals surface area contributed by atoms with Crippen LogP contribution in [0.2, 0.25) is 5.02 Å². The lowest BCUT2D eigenvalue weighted by molar-refractivity contribution is 0.0931. The zero-order valence-corrected chi connectivity index (χ0v) is 10.5. The van der Waals surface area contributed by atoms with Gasteiger partial charge >= 0.3 is 0 Å². The first kappa shape index (κ1) is 13.0. The summed E-state index contributed by atoms with van der Waals surface area (Å²) in [6.45, 7) is 3.96. The van der Waals surface area contributed by atoms with Gasteiger partial charge in [-0.05, 0) is 24.6 Å². The fourth-order valence-electron chi connectivity index (χ4n) is 1.56. The van der Waals surface area contributed by atoms with E-state index < -0.39 is 0 Å². The van der Waals surface area contributed by atoms with E-state index in [0.29, 0.717) is 22.9 Å². The minimum Gasteiger partial charge on any atom is -0.496 e. The lowest BCUT2D eigenvalue weighted by Crippen LogP contribution is -2.21. The summed E-state index contributed by atoms with van der Waals surface area (Å²) in [5, 5.41) is 0.533. The van der Waals surface area contributed by atoms with E-state index in [-0.39, 0.29) is 11.7 Å². The molecule has 0 heterocycles. The highest BCUT2D eigenvalue weighted by molar-refractivity contribution is 6.31. The molecule has 1 atom stereocenters. The predicted molar refractivity (Wildman–Crippen MR) is 65.3 cm³/mol. The number of nitrogens with two attached hydrogens (primary N) is 1. The van der Waals surface area contributed by atoms with Crippen molar-refractivity contribution in [2.75, 3.05) is 13.7 Å². The minimum atomic E-state index is -0.230. The Morgan fingerprint density at radius 2 is 2.19 bits per heavy atom. The van der Waals surface area contributed by atoms with Gasteiger partial charge in [-0.15, -0.1) is 0 Å². The molecule has 1 aromatic carbocycles. The second-order valence-electron chi connectivity index (χ2n) is 3.80. The first-order chi connectivity index (χ1) is 7.51. The van der Waals surface area contributed by atoms with Crippen LogP contribution in [-0.2, 0) is 0 Å². The molecule has 0 aliphatic heterocycles. The van der Waals surface area contributed by atoms with Crippen molar-refractivity contribution in [2.24, 2.45) is 11.7 Å². The molecule has 0 aliphatic rings. The van der Waals surface area contributed by atoms with Crippen LogP contribution in [0.15, 0.2) is 12.1 Å². The van der Waals surface area contributed by atoms with Crippen LogP contribution in [0.4, 0.5) is 0 Å². The molecule has 0 saturated carbocycles. The van der Waals surface area contributed by atoms with Crippen LogP contribution in [0.3, 0.4) is 0 Å². The van der Waals surface area contributed by atoms with E-state index in [1.807, 2.05) is 6.92 Å². The molecular weight excluding hydrogens is 226 g/mol. The highest BCUT2D eigenvalue weighted by atomic mass is 35.5. The molecule has 2 N–H and O–H groups in total. The molecule has 0 amide bonds. The molecule has 0 radical (unpaired) electrons. The van der Waals surface area contributed by atoms with Crippen molar-refractivity contribution >= 4 is 17.4 Å². The largest absolute Gasteiger partial charge is 0.496 e. The second-order valence-corrected chi connectivity index (χ2v) is 4.24. The number of hydrogen-bond acceptors (Lipinski definition) is 3. The van der Waals surface area contributed by atoms with Crippen LogP contribution >= 0.6 is 11.6 Å². The number of aryl methyl sites for hydroxylation is 1. The zero-order chi connectivity index (χ0) is 12.3. The Bertz CT molecular complexity index is 404. The number of rotatable bonds is 4. The quantitative estimate of drug-likeness (QED) is 0.824. The first-order valence-electron chi connectivity index (χ1n) is 5.09. The number of hydrogen-bond donors (Lipinski definition) is 1. The number of benzene rings is 1. The number of ketones is 1. The van der Waals surface area contributed by atoms with Crippen LogP contribution in [-0.4, -0.2) is 19.4 Å². The molecule has 16 heavy (non-hydrogen) atoms. The number of Topliss-reactive ketones (excluding diaryl/α,β-unsaturated/α-hetero) is 1. The Labute approximate surface area is 101 Å². The average molecular weight is 242 g/mol. The number of ether oxygens (including phenoxy) is 1. The molecule has 0 aliphatic carbocycles. The number of carbonyl (C=O) groups excluding carboxylic acids is 1. The third kappa shape index (κ3) is 2.54. The summed E-state index contributed by atoms with van der Waals surface area (Å²) in [4.78, 5) is 12.0. The van der Waals surface area contributed by atoms with Crippen LogP contribution < -0.4 is 10.5 Å². The Morgan fingerprint density at radius 1 is 1.56 bits per heavy atom. The summed E-state index contributed by atoms with van der Waals surface area (Å²) in [5.41, 5.74) is 6.84. The predicted octanol–water partition coefficient (Wildman–Crippen LogP) is 2.43. The second kappa shape index (κ2) is 5.32. The van der Waals surface area contributed by atoms with E-state index in [9.17, 15) is 4.79 Å². The lowest BCUT2D eigenvalue weighted by Gasteiger charge is -2.14. The van der Waals surface area contributed by atoms with E-state index in [4.69, 9.17) is 22.1 Å². The highest BCUT2D eigenvalue weighted by Crippen LogP contribution is 2.29. The highest BCUT2D eigenvalue weighted by Gasteiger charge is 2.19. The van der Waals surface area contributed by atoms with Gasteiger partial charge in [-0.1, -0.05) is 18.5 Å². The summed E-state index contributed by atoms with van der Waals surface area (Å²) in [5.74, 6) is 0.311. The maximum Gasteiger partial charge on any atom is 0.170 e. The smallest absolute Gasteiger partial charge is 0.170 e. The molecule has 0 fully saturated rings. The van der Waals surface area contributed by atoms with Crippen LogP contribution in [0.1, 0.15) is 22.8 Å². The van der Waals surface area contributed by atoms with Crippen molar-refractivity contribution < 1.29 is 9.53 Å². The van der Waals surface area contributed by atoms with Crippen molar-refractivity contribution in [3.8, 4) is 5.75 Å². The topological polar surface area (TPSA) is 52.3 Å². The van der Waals surface area contributed by atoms with Crippen molar-refractivity contribution in [1.82, 2.24) is 0 Å². The molecule has 88 valence electrons. The number of carbonyl (C=O) groups is 1. The monoisotopic (exact) mass is 241 g/mol. The summed E-state index contributed by atoms with van der Waals surface area (Å²) < 4.78 is 5.23.